The molecule has 0 unspecified atom stereocenters. The molecule has 0 heterocycles. The monoisotopic (exact) mass is 470 g/mol. The Morgan fingerprint density at radius 2 is 0.850 bits per heavy atom. The zero-order valence-electron chi connectivity index (χ0n) is 9.87. The van der Waals surface area contributed by atoms with Crippen LogP contribution in [0.25, 0.3) is 0 Å². The molecule has 2 aromatic carbocycles. The summed E-state index contributed by atoms with van der Waals surface area (Å²) in [6, 6.07) is 21.4. The Balaban J connectivity index is 0.000000448. The maximum absolute atomic E-state index is 9.89. The average molecular weight is 470 g/mol. The minimum absolute atomic E-state index is 0. The topological polar surface area (TPSA) is 0 Å². The van der Waals surface area contributed by atoms with Gasteiger partial charge in [0.2, 0.25) is 0 Å². The molecule has 0 amide bonds. The van der Waals surface area contributed by atoms with Gasteiger partial charge in [-0.25, -0.2) is 0 Å². The molecule has 0 radical (unpaired) electrons. The van der Waals surface area contributed by atoms with Crippen LogP contribution in [0.5, 0.6) is 0 Å². The molecule has 0 aliphatic heterocycles. The fourth-order valence-corrected chi connectivity index (χ4v) is 3.35. The van der Waals surface area contributed by atoms with Gasteiger partial charge in [0, 0.05) is 0 Å². The van der Waals surface area contributed by atoms with Gasteiger partial charge in [-0.3, -0.25) is 0 Å². The van der Waals surface area contributed by atoms with Crippen LogP contribution in [-0.4, -0.2) is 14.8 Å². The minimum atomic E-state index is -8.99. The van der Waals surface area contributed by atoms with Crippen LogP contribution in [0.3, 0.4) is 0 Å². The van der Waals surface area contributed by atoms with Crippen LogP contribution in [0.1, 0.15) is 0 Å². The van der Waals surface area contributed by atoms with Gasteiger partial charge in [-0.1, -0.05) is 0 Å². The summed E-state index contributed by atoms with van der Waals surface area (Å²) in [5.41, 5.74) is 0. The van der Waals surface area contributed by atoms with Gasteiger partial charge in [0.1, 0.15) is 0 Å². The van der Waals surface area contributed by atoms with Gasteiger partial charge in [-0.15, -0.1) is 0 Å². The first kappa shape index (κ1) is 19.3. The Morgan fingerprint density at radius 3 is 1.10 bits per heavy atom. The summed E-state index contributed by atoms with van der Waals surface area (Å²) in [6.07, 6.45) is 0. The van der Waals surface area contributed by atoms with Crippen LogP contribution in [0.15, 0.2) is 60.7 Å². The van der Waals surface area contributed by atoms with Crippen molar-refractivity contribution in [3.63, 3.8) is 0 Å². The van der Waals surface area contributed by atoms with Crippen LogP contribution >= 0.6 is 0 Å². The molecular formula is C12H10AsF6I-2. The zero-order valence-corrected chi connectivity index (χ0v) is 13.9. The third-order valence-corrected chi connectivity index (χ3v) is 4.37. The van der Waals surface area contributed by atoms with Gasteiger partial charge < -0.3 is 4.70 Å². The summed E-state index contributed by atoms with van der Waals surface area (Å²) in [5.74, 6) is 0. The summed E-state index contributed by atoms with van der Waals surface area (Å²) in [5, 5.41) is 0. The predicted molar refractivity (Wildman–Crippen MR) is 61.6 cm³/mol. The molecule has 2 rings (SSSR count). The number of benzene rings is 2. The van der Waals surface area contributed by atoms with E-state index in [1.165, 1.54) is 7.14 Å². The molecular weight excluding hydrogens is 460 g/mol. The molecule has 0 saturated heterocycles. The van der Waals surface area contributed by atoms with Crippen LogP contribution in [-0.2, 0) is 0 Å². The van der Waals surface area contributed by atoms with Crippen LogP contribution in [0.4, 0.5) is 17.3 Å². The molecule has 0 bridgehead atoms. The summed E-state index contributed by atoms with van der Waals surface area (Å²) < 4.78 is 52.4. The van der Waals surface area contributed by atoms with Gasteiger partial charge in [0.05, 0.1) is 0 Å². The second-order valence-electron chi connectivity index (χ2n) is 3.32. The fraction of sp³-hybridized carbons (Fsp3) is 0. The van der Waals surface area contributed by atoms with E-state index < -0.39 is 14.8 Å². The van der Waals surface area contributed by atoms with E-state index in [1.54, 1.807) is 0 Å². The molecule has 0 fully saturated rings. The summed E-state index contributed by atoms with van der Waals surface area (Å²) in [4.78, 5) is 0. The van der Waals surface area contributed by atoms with Crippen molar-refractivity contribution in [1.29, 1.82) is 0 Å². The normalized spacial score (nSPS) is 12.3. The zero-order chi connectivity index (χ0) is 14.4. The van der Waals surface area contributed by atoms with Crippen molar-refractivity contribution < 1.29 is 43.2 Å². The third-order valence-electron chi connectivity index (χ3n) is 1.68. The molecule has 0 spiro atoms. The number of hydrogen-bond acceptors (Lipinski definition) is 0. The molecule has 114 valence electrons. The summed E-state index contributed by atoms with van der Waals surface area (Å²) in [7, 11) is 0. The standard InChI is InChI=1S/C12H10I.AsF5.FH/c1-3-7-11(8-4-1)13-12-9-5-2-6-10-12;2-1(3,4,5)6;/h1-10H;;1H/q-1;;/p-1. The number of rotatable bonds is 2. The van der Waals surface area contributed by atoms with Crippen molar-refractivity contribution in [3.05, 3.63) is 67.8 Å². The van der Waals surface area contributed by atoms with E-state index in [0.717, 1.165) is 0 Å². The van der Waals surface area contributed by atoms with E-state index in [9.17, 15) is 17.3 Å². The Morgan fingerprint density at radius 1 is 0.600 bits per heavy atom. The first-order chi connectivity index (χ1) is 8.69. The van der Waals surface area contributed by atoms with Gasteiger partial charge in [-0.05, 0) is 0 Å². The second-order valence-corrected chi connectivity index (χ2v) is 9.04. The molecule has 0 aliphatic carbocycles. The Hall–Kier alpha value is -0.692. The number of halogens is 7. The Labute approximate surface area is 125 Å². The van der Waals surface area contributed by atoms with Crippen molar-refractivity contribution in [2.24, 2.45) is 0 Å². The van der Waals surface area contributed by atoms with Crippen molar-refractivity contribution in [2.75, 3.05) is 0 Å². The molecule has 0 aliphatic rings. The van der Waals surface area contributed by atoms with Gasteiger partial charge in [0.25, 0.3) is 0 Å². The molecule has 2 aromatic rings. The predicted octanol–water partition coefficient (Wildman–Crippen LogP) is -1.46. The molecule has 0 saturated carbocycles. The van der Waals surface area contributed by atoms with Gasteiger partial charge in [0.15, 0.2) is 0 Å². The Bertz CT molecular complexity index is 443. The molecule has 0 atom stereocenters. The van der Waals surface area contributed by atoms with Crippen LogP contribution < -0.4 is 25.9 Å². The van der Waals surface area contributed by atoms with Crippen molar-refractivity contribution >= 4 is 14.8 Å². The molecule has 0 aromatic heterocycles. The third kappa shape index (κ3) is 12.3. The second kappa shape index (κ2) is 7.92. The van der Waals surface area contributed by atoms with Crippen LogP contribution in [0, 0.1) is 7.14 Å². The maximum atomic E-state index is 9.89. The van der Waals surface area contributed by atoms with E-state index in [1.807, 2.05) is 0 Å². The molecule has 0 N–H and O–H groups in total. The van der Waals surface area contributed by atoms with E-state index in [0.29, 0.717) is 0 Å². The SMILES string of the molecule is F[As](F)(F)(F)F.[F-].c1ccc([I-]c2ccccc2)cc1. The van der Waals surface area contributed by atoms with Crippen molar-refractivity contribution in [1.82, 2.24) is 0 Å². The summed E-state index contributed by atoms with van der Waals surface area (Å²) in [6.45, 7) is 0. The molecule has 8 heteroatoms. The quantitative estimate of drug-likeness (QED) is 0.286. The van der Waals surface area contributed by atoms with E-state index in [-0.39, 0.29) is 25.9 Å². The van der Waals surface area contributed by atoms with E-state index in [4.69, 9.17) is 0 Å². The fourth-order valence-electron chi connectivity index (χ4n) is 1.08. The first-order valence-electron chi connectivity index (χ1n) is 5.04. The van der Waals surface area contributed by atoms with Gasteiger partial charge >= 0.3 is 121 Å². The summed E-state index contributed by atoms with van der Waals surface area (Å²) >= 11 is -8.96. The van der Waals surface area contributed by atoms with Crippen LogP contribution in [0.2, 0.25) is 0 Å². The first-order valence-corrected chi connectivity index (χ1v) is 10.7. The molecule has 20 heavy (non-hydrogen) atoms. The van der Waals surface area contributed by atoms with Crippen molar-refractivity contribution in [3.8, 4) is 0 Å². The molecule has 0 nitrogen and oxygen atoms in total. The van der Waals surface area contributed by atoms with Gasteiger partial charge in [-0.2, -0.15) is 0 Å². The Kier molecular flexibility index (Phi) is 7.65. The van der Waals surface area contributed by atoms with Crippen molar-refractivity contribution in [2.45, 2.75) is 0 Å². The van der Waals surface area contributed by atoms with E-state index in [2.05, 4.69) is 60.7 Å². The average Bonchev–Trinajstić information content (AvgIpc) is 2.28. The number of hydrogen-bond donors (Lipinski definition) is 0. The van der Waals surface area contributed by atoms with E-state index >= 15 is 0 Å².